The van der Waals surface area contributed by atoms with Crippen LogP contribution in [0.5, 0.6) is 0 Å². The summed E-state index contributed by atoms with van der Waals surface area (Å²) in [5.74, 6) is 0.0445. The highest BCUT2D eigenvalue weighted by atomic mass is 16.1. The van der Waals surface area contributed by atoms with Gasteiger partial charge in [-0.1, -0.05) is 38.5 Å². The minimum Gasteiger partial charge on any atom is -0.307 e. The van der Waals surface area contributed by atoms with E-state index in [0.717, 1.165) is 25.7 Å². The fraction of sp³-hybridized carbons (Fsp3) is 0.917. The van der Waals surface area contributed by atoms with E-state index in [1.54, 1.807) is 0 Å². The fourth-order valence-electron chi connectivity index (χ4n) is 2.14. The average molecular weight is 212 g/mol. The first-order chi connectivity index (χ1) is 7.13. The standard InChI is InChI=1S/C12H24N2O/c13-12(14)10-8-6-4-2-1-3-5-7-9-11(12)15/h1-10,13-14H2. The Balaban J connectivity index is 2.42. The molecule has 4 N–H and O–H groups in total. The van der Waals surface area contributed by atoms with E-state index >= 15 is 0 Å². The van der Waals surface area contributed by atoms with E-state index in [0.29, 0.717) is 12.8 Å². The predicted octanol–water partition coefficient (Wildman–Crippen LogP) is 2.08. The zero-order valence-electron chi connectivity index (χ0n) is 9.63. The van der Waals surface area contributed by atoms with Gasteiger partial charge in [-0.15, -0.1) is 0 Å². The smallest absolute Gasteiger partial charge is 0.166 e. The summed E-state index contributed by atoms with van der Waals surface area (Å²) in [5, 5.41) is 0. The maximum absolute atomic E-state index is 11.7. The van der Waals surface area contributed by atoms with Gasteiger partial charge in [0.2, 0.25) is 0 Å². The lowest BCUT2D eigenvalue weighted by molar-refractivity contribution is -0.124. The van der Waals surface area contributed by atoms with E-state index in [9.17, 15) is 4.79 Å². The molecule has 15 heavy (non-hydrogen) atoms. The van der Waals surface area contributed by atoms with Gasteiger partial charge < -0.3 is 11.5 Å². The zero-order chi connectivity index (χ0) is 11.1. The molecule has 1 aliphatic carbocycles. The van der Waals surface area contributed by atoms with Gasteiger partial charge in [0.25, 0.3) is 0 Å². The highest BCUT2D eigenvalue weighted by Gasteiger charge is 2.27. The van der Waals surface area contributed by atoms with E-state index in [2.05, 4.69) is 0 Å². The molecule has 0 aliphatic heterocycles. The normalized spacial score (nSPS) is 25.3. The van der Waals surface area contributed by atoms with Crippen LogP contribution >= 0.6 is 0 Å². The van der Waals surface area contributed by atoms with Gasteiger partial charge in [0, 0.05) is 6.42 Å². The van der Waals surface area contributed by atoms with Gasteiger partial charge in [0.15, 0.2) is 5.78 Å². The molecule has 0 bridgehead atoms. The second-order valence-corrected chi connectivity index (χ2v) is 4.79. The van der Waals surface area contributed by atoms with Crippen LogP contribution in [0.15, 0.2) is 0 Å². The van der Waals surface area contributed by atoms with Crippen LogP contribution in [0.3, 0.4) is 0 Å². The Labute approximate surface area is 92.6 Å². The highest BCUT2D eigenvalue weighted by molar-refractivity contribution is 5.87. The molecular weight excluding hydrogens is 188 g/mol. The molecule has 0 atom stereocenters. The number of carbonyl (C=O) groups is 1. The minimum absolute atomic E-state index is 0.0445. The largest absolute Gasteiger partial charge is 0.307 e. The Morgan fingerprint density at radius 1 is 0.800 bits per heavy atom. The van der Waals surface area contributed by atoms with Crippen molar-refractivity contribution in [2.45, 2.75) is 69.9 Å². The molecule has 0 amide bonds. The summed E-state index contributed by atoms with van der Waals surface area (Å²) in [6.45, 7) is 0. The number of hydrogen-bond acceptors (Lipinski definition) is 3. The molecule has 0 spiro atoms. The topological polar surface area (TPSA) is 69.1 Å². The van der Waals surface area contributed by atoms with Crippen molar-refractivity contribution in [1.29, 1.82) is 0 Å². The number of ketones is 1. The molecule has 0 aromatic rings. The number of Topliss-reactive ketones (excluding diaryl/α,β-unsaturated/α-hetero) is 1. The molecule has 1 fully saturated rings. The van der Waals surface area contributed by atoms with Crippen LogP contribution in [0.4, 0.5) is 0 Å². The summed E-state index contributed by atoms with van der Waals surface area (Å²) < 4.78 is 0. The molecule has 1 rings (SSSR count). The lowest BCUT2D eigenvalue weighted by atomic mass is 9.93. The molecule has 1 aliphatic rings. The Bertz CT molecular complexity index is 202. The van der Waals surface area contributed by atoms with E-state index in [4.69, 9.17) is 11.5 Å². The van der Waals surface area contributed by atoms with E-state index in [1.165, 1.54) is 25.7 Å². The van der Waals surface area contributed by atoms with Crippen molar-refractivity contribution in [1.82, 2.24) is 0 Å². The van der Waals surface area contributed by atoms with Gasteiger partial charge >= 0.3 is 0 Å². The van der Waals surface area contributed by atoms with E-state index < -0.39 is 5.66 Å². The summed E-state index contributed by atoms with van der Waals surface area (Å²) in [7, 11) is 0. The summed E-state index contributed by atoms with van der Waals surface area (Å²) in [5.41, 5.74) is 10.6. The summed E-state index contributed by atoms with van der Waals surface area (Å²) in [6.07, 6.45) is 10.6. The maximum atomic E-state index is 11.7. The van der Waals surface area contributed by atoms with Gasteiger partial charge in [0.1, 0.15) is 5.66 Å². The first kappa shape index (κ1) is 12.7. The van der Waals surface area contributed by atoms with Crippen LogP contribution in [0.25, 0.3) is 0 Å². The maximum Gasteiger partial charge on any atom is 0.166 e. The zero-order valence-corrected chi connectivity index (χ0v) is 9.63. The minimum atomic E-state index is -1.06. The Hall–Kier alpha value is -0.410. The Morgan fingerprint density at radius 3 is 1.87 bits per heavy atom. The van der Waals surface area contributed by atoms with Gasteiger partial charge in [-0.2, -0.15) is 0 Å². The van der Waals surface area contributed by atoms with Crippen molar-refractivity contribution < 1.29 is 4.79 Å². The average Bonchev–Trinajstić information content (AvgIpc) is 2.18. The van der Waals surface area contributed by atoms with Crippen molar-refractivity contribution in [2.75, 3.05) is 0 Å². The van der Waals surface area contributed by atoms with Crippen molar-refractivity contribution >= 4 is 5.78 Å². The van der Waals surface area contributed by atoms with Crippen LogP contribution in [0.2, 0.25) is 0 Å². The molecule has 88 valence electrons. The predicted molar refractivity (Wildman–Crippen MR) is 62.3 cm³/mol. The van der Waals surface area contributed by atoms with Crippen LogP contribution in [-0.4, -0.2) is 11.4 Å². The summed E-state index contributed by atoms with van der Waals surface area (Å²) in [4.78, 5) is 11.7. The number of hydrogen-bond donors (Lipinski definition) is 2. The second kappa shape index (κ2) is 6.23. The van der Waals surface area contributed by atoms with Gasteiger partial charge in [-0.3, -0.25) is 4.79 Å². The molecule has 0 unspecified atom stereocenters. The van der Waals surface area contributed by atoms with Crippen LogP contribution in [0.1, 0.15) is 64.2 Å². The fourth-order valence-corrected chi connectivity index (χ4v) is 2.14. The molecule has 0 aromatic heterocycles. The third kappa shape index (κ3) is 4.76. The Kier molecular flexibility index (Phi) is 5.26. The monoisotopic (exact) mass is 212 g/mol. The molecule has 0 saturated heterocycles. The molecule has 0 radical (unpaired) electrons. The molecule has 3 heteroatoms. The first-order valence-corrected chi connectivity index (χ1v) is 6.24. The number of carbonyl (C=O) groups excluding carboxylic acids is 1. The molecule has 0 heterocycles. The number of rotatable bonds is 0. The van der Waals surface area contributed by atoms with Crippen molar-refractivity contribution in [3.63, 3.8) is 0 Å². The molecule has 1 saturated carbocycles. The molecule has 0 aromatic carbocycles. The Morgan fingerprint density at radius 2 is 1.27 bits per heavy atom. The highest BCUT2D eigenvalue weighted by Crippen LogP contribution is 2.17. The lowest BCUT2D eigenvalue weighted by Gasteiger charge is -2.23. The van der Waals surface area contributed by atoms with Gasteiger partial charge in [0.05, 0.1) is 0 Å². The van der Waals surface area contributed by atoms with Gasteiger partial charge in [-0.05, 0) is 19.3 Å². The summed E-state index contributed by atoms with van der Waals surface area (Å²) >= 11 is 0. The third-order valence-electron chi connectivity index (χ3n) is 3.26. The SMILES string of the molecule is NC1(N)CCCCCCCCCCC1=O. The molecular formula is C12H24N2O. The van der Waals surface area contributed by atoms with Crippen LogP contribution < -0.4 is 11.5 Å². The molecule has 3 nitrogen and oxygen atoms in total. The van der Waals surface area contributed by atoms with Crippen molar-refractivity contribution in [2.24, 2.45) is 11.5 Å². The van der Waals surface area contributed by atoms with E-state index in [1.807, 2.05) is 0 Å². The first-order valence-electron chi connectivity index (χ1n) is 6.24. The summed E-state index contributed by atoms with van der Waals surface area (Å²) in [6, 6.07) is 0. The van der Waals surface area contributed by atoms with Crippen LogP contribution in [-0.2, 0) is 4.79 Å². The second-order valence-electron chi connectivity index (χ2n) is 4.79. The van der Waals surface area contributed by atoms with Crippen LogP contribution in [0, 0.1) is 0 Å². The van der Waals surface area contributed by atoms with Crippen molar-refractivity contribution in [3.8, 4) is 0 Å². The van der Waals surface area contributed by atoms with E-state index in [-0.39, 0.29) is 5.78 Å². The lowest BCUT2D eigenvalue weighted by Crippen LogP contribution is -2.56. The quantitative estimate of drug-likeness (QED) is 0.604. The van der Waals surface area contributed by atoms with Gasteiger partial charge in [-0.25, -0.2) is 0 Å². The van der Waals surface area contributed by atoms with Crippen molar-refractivity contribution in [3.05, 3.63) is 0 Å². The number of nitrogens with two attached hydrogens (primary N) is 2. The third-order valence-corrected chi connectivity index (χ3v) is 3.26.